The standard InChI is InChI=1S/C22H20Cl2N8O2/c1-2-13(28-19-16(24)17(25)30-22(27)31-19)20-29-14-8-4-7-12(23)15(14)21(34)32(20)11-6-3-5-10(9-11)18(26)33/h3-9,13H,2H2,1H3,(H2,26,33)(H5,25,27,28,30,31)/t13-/m0/s1. The number of fused-ring (bicyclic) bond motifs is 1. The Morgan fingerprint density at radius 1 is 1.12 bits per heavy atom. The summed E-state index contributed by atoms with van der Waals surface area (Å²) in [6.07, 6.45) is 0.466. The molecule has 0 aliphatic rings. The third-order valence-corrected chi connectivity index (χ3v) is 5.87. The molecule has 2 heterocycles. The Morgan fingerprint density at radius 3 is 2.56 bits per heavy atom. The lowest BCUT2D eigenvalue weighted by Crippen LogP contribution is -2.29. The highest BCUT2D eigenvalue weighted by Crippen LogP contribution is 2.31. The van der Waals surface area contributed by atoms with Crippen LogP contribution in [0, 0.1) is 0 Å². The van der Waals surface area contributed by atoms with Gasteiger partial charge in [-0.3, -0.25) is 14.2 Å². The number of nitrogens with two attached hydrogens (primary N) is 3. The number of halogens is 2. The zero-order chi connectivity index (χ0) is 24.6. The molecule has 4 aromatic rings. The first kappa shape index (κ1) is 23.3. The van der Waals surface area contributed by atoms with E-state index < -0.39 is 17.5 Å². The molecule has 34 heavy (non-hydrogen) atoms. The Balaban J connectivity index is 1.99. The SMILES string of the molecule is CC[C@H](Nc1nc(N)nc(N)c1Cl)c1nc2cccc(Cl)c2c(=O)n1-c1cccc(C(N)=O)c1. The summed E-state index contributed by atoms with van der Waals surface area (Å²) in [6, 6.07) is 10.8. The number of benzene rings is 2. The zero-order valence-corrected chi connectivity index (χ0v) is 19.4. The molecule has 0 bridgehead atoms. The van der Waals surface area contributed by atoms with Gasteiger partial charge in [0.1, 0.15) is 16.7 Å². The number of hydrogen-bond donors (Lipinski definition) is 4. The van der Waals surface area contributed by atoms with Crippen molar-refractivity contribution in [1.82, 2.24) is 19.5 Å². The van der Waals surface area contributed by atoms with Crippen molar-refractivity contribution in [1.29, 1.82) is 0 Å². The maximum absolute atomic E-state index is 13.7. The number of carbonyl (C=O) groups is 1. The van der Waals surface area contributed by atoms with Gasteiger partial charge < -0.3 is 22.5 Å². The third kappa shape index (κ3) is 4.20. The zero-order valence-electron chi connectivity index (χ0n) is 17.9. The largest absolute Gasteiger partial charge is 0.382 e. The van der Waals surface area contributed by atoms with E-state index in [-0.39, 0.29) is 38.6 Å². The number of anilines is 3. The van der Waals surface area contributed by atoms with Crippen LogP contribution in [0.25, 0.3) is 16.6 Å². The van der Waals surface area contributed by atoms with Crippen LogP contribution in [0.5, 0.6) is 0 Å². The van der Waals surface area contributed by atoms with E-state index in [1.54, 1.807) is 36.4 Å². The number of hydrogen-bond acceptors (Lipinski definition) is 8. The van der Waals surface area contributed by atoms with Crippen LogP contribution in [-0.4, -0.2) is 25.4 Å². The van der Waals surface area contributed by atoms with E-state index in [4.69, 9.17) is 45.4 Å². The Morgan fingerprint density at radius 2 is 1.85 bits per heavy atom. The van der Waals surface area contributed by atoms with Crippen molar-refractivity contribution < 1.29 is 4.79 Å². The average molecular weight is 499 g/mol. The molecule has 0 saturated carbocycles. The lowest BCUT2D eigenvalue weighted by molar-refractivity contribution is 0.1000. The van der Waals surface area contributed by atoms with Gasteiger partial charge in [0.25, 0.3) is 5.56 Å². The van der Waals surface area contributed by atoms with Crippen LogP contribution in [0.2, 0.25) is 10.0 Å². The number of aromatic nitrogens is 4. The lowest BCUT2D eigenvalue weighted by atomic mass is 10.1. The summed E-state index contributed by atoms with van der Waals surface area (Å²) < 4.78 is 1.38. The van der Waals surface area contributed by atoms with E-state index in [0.29, 0.717) is 23.4 Å². The maximum Gasteiger partial charge on any atom is 0.267 e. The maximum atomic E-state index is 13.7. The summed E-state index contributed by atoms with van der Waals surface area (Å²) in [4.78, 5) is 38.2. The van der Waals surface area contributed by atoms with Gasteiger partial charge in [0.15, 0.2) is 5.82 Å². The molecule has 7 N–H and O–H groups in total. The van der Waals surface area contributed by atoms with Crippen LogP contribution in [0.4, 0.5) is 17.6 Å². The Hall–Kier alpha value is -3.89. The fourth-order valence-corrected chi connectivity index (χ4v) is 3.97. The van der Waals surface area contributed by atoms with Gasteiger partial charge in [0.2, 0.25) is 11.9 Å². The van der Waals surface area contributed by atoms with Crippen LogP contribution >= 0.6 is 23.2 Å². The summed E-state index contributed by atoms with van der Waals surface area (Å²) in [6.45, 7) is 1.89. The molecule has 2 aromatic carbocycles. The topological polar surface area (TPSA) is 168 Å². The molecular formula is C22H20Cl2N8O2. The van der Waals surface area contributed by atoms with Crippen molar-refractivity contribution in [2.45, 2.75) is 19.4 Å². The fourth-order valence-electron chi connectivity index (χ4n) is 3.58. The second-order valence-electron chi connectivity index (χ2n) is 7.39. The minimum absolute atomic E-state index is 0.0105. The van der Waals surface area contributed by atoms with Gasteiger partial charge in [0.05, 0.1) is 27.7 Å². The number of primary amides is 1. The average Bonchev–Trinajstić information content (AvgIpc) is 2.80. The van der Waals surface area contributed by atoms with E-state index in [0.717, 1.165) is 0 Å². The number of amides is 1. The molecule has 0 spiro atoms. The van der Waals surface area contributed by atoms with Crippen LogP contribution in [0.15, 0.2) is 47.3 Å². The van der Waals surface area contributed by atoms with E-state index in [9.17, 15) is 9.59 Å². The molecule has 2 aromatic heterocycles. The predicted octanol–water partition coefficient (Wildman–Crippen LogP) is 3.31. The molecule has 12 heteroatoms. The molecule has 10 nitrogen and oxygen atoms in total. The molecule has 0 aliphatic carbocycles. The minimum Gasteiger partial charge on any atom is -0.382 e. The van der Waals surface area contributed by atoms with Gasteiger partial charge in [-0.1, -0.05) is 42.3 Å². The van der Waals surface area contributed by atoms with Crippen LogP contribution in [0.3, 0.4) is 0 Å². The molecule has 0 fully saturated rings. The number of carbonyl (C=O) groups excluding carboxylic acids is 1. The van der Waals surface area contributed by atoms with Crippen molar-refractivity contribution in [3.8, 4) is 5.69 Å². The Bertz CT molecular complexity index is 1490. The molecule has 1 amide bonds. The van der Waals surface area contributed by atoms with Crippen molar-refractivity contribution in [2.75, 3.05) is 16.8 Å². The van der Waals surface area contributed by atoms with Gasteiger partial charge in [-0.2, -0.15) is 9.97 Å². The Labute approximate surface area is 203 Å². The third-order valence-electron chi connectivity index (χ3n) is 5.19. The molecule has 174 valence electrons. The molecule has 4 rings (SSSR count). The number of rotatable bonds is 6. The molecule has 0 aliphatic heterocycles. The highest BCUT2D eigenvalue weighted by Gasteiger charge is 2.23. The highest BCUT2D eigenvalue weighted by atomic mass is 35.5. The fraction of sp³-hybridized carbons (Fsp3) is 0.136. The van der Waals surface area contributed by atoms with Crippen LogP contribution in [-0.2, 0) is 0 Å². The summed E-state index contributed by atoms with van der Waals surface area (Å²) in [5.74, 6) is -0.167. The smallest absolute Gasteiger partial charge is 0.267 e. The first-order valence-corrected chi connectivity index (χ1v) is 10.9. The van der Waals surface area contributed by atoms with E-state index in [1.807, 2.05) is 6.92 Å². The second-order valence-corrected chi connectivity index (χ2v) is 8.18. The summed E-state index contributed by atoms with van der Waals surface area (Å²) >= 11 is 12.6. The first-order valence-electron chi connectivity index (χ1n) is 10.2. The predicted molar refractivity (Wildman–Crippen MR) is 133 cm³/mol. The molecule has 0 unspecified atom stereocenters. The van der Waals surface area contributed by atoms with Gasteiger partial charge >= 0.3 is 0 Å². The van der Waals surface area contributed by atoms with Crippen molar-refractivity contribution >= 4 is 57.6 Å². The molecule has 1 atom stereocenters. The lowest BCUT2D eigenvalue weighted by Gasteiger charge is -2.23. The molecule has 0 saturated heterocycles. The number of nitrogen functional groups attached to an aromatic ring is 2. The summed E-state index contributed by atoms with van der Waals surface area (Å²) in [5.41, 5.74) is 17.6. The molecular weight excluding hydrogens is 479 g/mol. The summed E-state index contributed by atoms with van der Waals surface area (Å²) in [5, 5.41) is 3.73. The van der Waals surface area contributed by atoms with Gasteiger partial charge in [-0.25, -0.2) is 4.98 Å². The van der Waals surface area contributed by atoms with E-state index in [2.05, 4.69) is 15.3 Å². The van der Waals surface area contributed by atoms with Gasteiger partial charge in [-0.05, 0) is 36.8 Å². The van der Waals surface area contributed by atoms with Crippen LogP contribution < -0.4 is 28.1 Å². The first-order chi connectivity index (χ1) is 16.2. The van der Waals surface area contributed by atoms with Crippen LogP contribution in [0.1, 0.15) is 35.6 Å². The van der Waals surface area contributed by atoms with Gasteiger partial charge in [0, 0.05) is 5.56 Å². The van der Waals surface area contributed by atoms with Gasteiger partial charge in [-0.15, -0.1) is 0 Å². The number of nitrogens with one attached hydrogen (secondary N) is 1. The molecule has 0 radical (unpaired) electrons. The van der Waals surface area contributed by atoms with Crippen molar-refractivity contribution in [3.63, 3.8) is 0 Å². The second kappa shape index (κ2) is 9.16. The normalized spacial score (nSPS) is 12.0. The van der Waals surface area contributed by atoms with E-state index >= 15 is 0 Å². The van der Waals surface area contributed by atoms with Crippen molar-refractivity contribution in [3.05, 3.63) is 74.3 Å². The monoisotopic (exact) mass is 498 g/mol. The van der Waals surface area contributed by atoms with E-state index in [1.165, 1.54) is 10.6 Å². The number of nitrogens with zero attached hydrogens (tertiary/aromatic N) is 4. The minimum atomic E-state index is -0.632. The highest BCUT2D eigenvalue weighted by molar-refractivity contribution is 6.35. The quantitative estimate of drug-likeness (QED) is 0.313. The van der Waals surface area contributed by atoms with Crippen molar-refractivity contribution in [2.24, 2.45) is 5.73 Å². The summed E-state index contributed by atoms with van der Waals surface area (Å²) in [7, 11) is 0. The Kier molecular flexibility index (Phi) is 6.27.